The molecule has 0 heterocycles. The summed E-state index contributed by atoms with van der Waals surface area (Å²) in [5, 5.41) is 3.10. The summed E-state index contributed by atoms with van der Waals surface area (Å²) in [5.41, 5.74) is 8.85. The average Bonchev–Trinajstić information content (AvgIpc) is 2.34. The predicted molar refractivity (Wildman–Crippen MR) is 74.9 cm³/mol. The molecule has 3 N–H and O–H groups in total. The molecule has 18 heavy (non-hydrogen) atoms. The lowest BCUT2D eigenvalue weighted by atomic mass is 10.2. The van der Waals surface area contributed by atoms with Crippen LogP contribution < -0.4 is 16.0 Å². The first kappa shape index (κ1) is 12.2. The van der Waals surface area contributed by atoms with E-state index in [1.54, 1.807) is 6.07 Å². The number of nitrogens with one attached hydrogen (secondary N) is 1. The lowest BCUT2D eigenvalue weighted by molar-refractivity contribution is 0.628. The quantitative estimate of drug-likeness (QED) is 0.816. The summed E-state index contributed by atoms with van der Waals surface area (Å²) in [6.07, 6.45) is 0. The molecule has 0 unspecified atom stereocenters. The SMILES string of the molecule is CN(C)c1ccc(Nc2cc(F)ccc2N)cc1. The largest absolute Gasteiger partial charge is 0.397 e. The summed E-state index contributed by atoms with van der Waals surface area (Å²) in [5.74, 6) is -0.309. The zero-order valence-corrected chi connectivity index (χ0v) is 10.4. The molecule has 3 nitrogen and oxygen atoms in total. The van der Waals surface area contributed by atoms with E-state index in [4.69, 9.17) is 5.73 Å². The lowest BCUT2D eigenvalue weighted by Gasteiger charge is -2.14. The first-order valence-corrected chi connectivity index (χ1v) is 5.66. The number of halogens is 1. The molecule has 2 aromatic carbocycles. The highest BCUT2D eigenvalue weighted by molar-refractivity contribution is 5.73. The van der Waals surface area contributed by atoms with Crippen LogP contribution in [0, 0.1) is 5.82 Å². The Labute approximate surface area is 106 Å². The molecule has 0 aromatic heterocycles. The maximum absolute atomic E-state index is 13.1. The third-order valence-electron chi connectivity index (χ3n) is 2.68. The molecule has 0 spiro atoms. The van der Waals surface area contributed by atoms with Gasteiger partial charge in [-0.1, -0.05) is 0 Å². The first-order chi connectivity index (χ1) is 8.56. The van der Waals surface area contributed by atoms with Crippen molar-refractivity contribution in [2.75, 3.05) is 30.0 Å². The maximum atomic E-state index is 13.1. The number of nitrogens with two attached hydrogens (primary N) is 1. The molecule has 0 saturated carbocycles. The molecule has 2 aromatic rings. The van der Waals surface area contributed by atoms with Gasteiger partial charge in [0.15, 0.2) is 0 Å². The number of hydrogen-bond acceptors (Lipinski definition) is 3. The summed E-state index contributed by atoms with van der Waals surface area (Å²) in [6, 6.07) is 12.1. The Morgan fingerprint density at radius 3 is 2.33 bits per heavy atom. The van der Waals surface area contributed by atoms with Crippen LogP contribution in [0.2, 0.25) is 0 Å². The zero-order valence-electron chi connectivity index (χ0n) is 10.4. The minimum Gasteiger partial charge on any atom is -0.397 e. The van der Waals surface area contributed by atoms with Crippen LogP contribution in [0.3, 0.4) is 0 Å². The standard InChI is InChI=1S/C14H16FN3/c1-18(2)12-6-4-11(5-7-12)17-14-9-10(15)3-8-13(14)16/h3-9,17H,16H2,1-2H3. The van der Waals surface area contributed by atoms with Gasteiger partial charge in [0.1, 0.15) is 5.82 Å². The number of hydrogen-bond donors (Lipinski definition) is 2. The molecule has 0 saturated heterocycles. The second-order valence-electron chi connectivity index (χ2n) is 4.30. The van der Waals surface area contributed by atoms with Crippen molar-refractivity contribution in [1.29, 1.82) is 0 Å². The monoisotopic (exact) mass is 245 g/mol. The molecule has 0 radical (unpaired) electrons. The van der Waals surface area contributed by atoms with E-state index in [0.717, 1.165) is 11.4 Å². The van der Waals surface area contributed by atoms with E-state index in [-0.39, 0.29) is 5.82 Å². The summed E-state index contributed by atoms with van der Waals surface area (Å²) in [4.78, 5) is 2.01. The van der Waals surface area contributed by atoms with Gasteiger partial charge in [0, 0.05) is 25.5 Å². The minimum atomic E-state index is -0.309. The van der Waals surface area contributed by atoms with Gasteiger partial charge < -0.3 is 16.0 Å². The van der Waals surface area contributed by atoms with Crippen molar-refractivity contribution in [1.82, 2.24) is 0 Å². The van der Waals surface area contributed by atoms with Crippen LogP contribution in [0.1, 0.15) is 0 Å². The average molecular weight is 245 g/mol. The van der Waals surface area contributed by atoms with Gasteiger partial charge in [0.25, 0.3) is 0 Å². The summed E-state index contributed by atoms with van der Waals surface area (Å²) in [6.45, 7) is 0. The molecule has 0 aliphatic rings. The maximum Gasteiger partial charge on any atom is 0.125 e. The van der Waals surface area contributed by atoms with Crippen molar-refractivity contribution in [2.45, 2.75) is 0 Å². The molecular weight excluding hydrogens is 229 g/mol. The highest BCUT2D eigenvalue weighted by Gasteiger charge is 2.02. The number of rotatable bonds is 3. The highest BCUT2D eigenvalue weighted by atomic mass is 19.1. The second kappa shape index (κ2) is 4.96. The van der Waals surface area contributed by atoms with Crippen molar-refractivity contribution in [3.05, 3.63) is 48.3 Å². The Hall–Kier alpha value is -2.23. The molecule has 94 valence electrons. The van der Waals surface area contributed by atoms with Gasteiger partial charge in [-0.05, 0) is 42.5 Å². The Balaban J connectivity index is 2.21. The molecular formula is C14H16FN3. The van der Waals surface area contributed by atoms with Crippen molar-refractivity contribution >= 4 is 22.7 Å². The summed E-state index contributed by atoms with van der Waals surface area (Å²) in [7, 11) is 3.96. The van der Waals surface area contributed by atoms with Gasteiger partial charge in [0.2, 0.25) is 0 Å². The van der Waals surface area contributed by atoms with Crippen molar-refractivity contribution in [3.8, 4) is 0 Å². The number of anilines is 4. The zero-order chi connectivity index (χ0) is 13.1. The van der Waals surface area contributed by atoms with E-state index < -0.39 is 0 Å². The van der Waals surface area contributed by atoms with Crippen LogP contribution in [0.25, 0.3) is 0 Å². The number of nitrogens with zero attached hydrogens (tertiary/aromatic N) is 1. The van der Waals surface area contributed by atoms with Crippen molar-refractivity contribution in [3.63, 3.8) is 0 Å². The fraction of sp³-hybridized carbons (Fsp3) is 0.143. The molecule has 4 heteroatoms. The van der Waals surface area contributed by atoms with Crippen LogP contribution in [0.5, 0.6) is 0 Å². The van der Waals surface area contributed by atoms with Crippen LogP contribution in [-0.4, -0.2) is 14.1 Å². The molecule has 0 bridgehead atoms. The third-order valence-corrected chi connectivity index (χ3v) is 2.68. The molecule has 0 atom stereocenters. The van der Waals surface area contributed by atoms with Gasteiger partial charge in [-0.3, -0.25) is 0 Å². The lowest BCUT2D eigenvalue weighted by Crippen LogP contribution is -2.08. The summed E-state index contributed by atoms with van der Waals surface area (Å²) < 4.78 is 13.1. The number of nitrogen functional groups attached to an aromatic ring is 1. The molecule has 0 aliphatic carbocycles. The van der Waals surface area contributed by atoms with Gasteiger partial charge in [-0.25, -0.2) is 4.39 Å². The summed E-state index contributed by atoms with van der Waals surface area (Å²) >= 11 is 0. The van der Waals surface area contributed by atoms with E-state index in [9.17, 15) is 4.39 Å². The smallest absolute Gasteiger partial charge is 0.125 e. The Kier molecular flexibility index (Phi) is 3.37. The van der Waals surface area contributed by atoms with E-state index in [0.29, 0.717) is 11.4 Å². The highest BCUT2D eigenvalue weighted by Crippen LogP contribution is 2.25. The topological polar surface area (TPSA) is 41.3 Å². The first-order valence-electron chi connectivity index (χ1n) is 5.66. The molecule has 0 aliphatic heterocycles. The predicted octanol–water partition coefficient (Wildman–Crippen LogP) is 3.22. The van der Waals surface area contributed by atoms with Crippen LogP contribution in [0.15, 0.2) is 42.5 Å². The fourth-order valence-electron chi connectivity index (χ4n) is 1.64. The molecule has 0 amide bonds. The van der Waals surface area contributed by atoms with Crippen molar-refractivity contribution < 1.29 is 4.39 Å². The Morgan fingerprint density at radius 1 is 1.06 bits per heavy atom. The Bertz CT molecular complexity index is 535. The number of benzene rings is 2. The van der Waals surface area contributed by atoms with Gasteiger partial charge >= 0.3 is 0 Å². The van der Waals surface area contributed by atoms with Gasteiger partial charge in [-0.2, -0.15) is 0 Å². The normalized spacial score (nSPS) is 10.2. The molecule has 0 fully saturated rings. The van der Waals surface area contributed by atoms with E-state index >= 15 is 0 Å². The van der Waals surface area contributed by atoms with E-state index in [1.165, 1.54) is 12.1 Å². The molecule has 2 rings (SSSR count). The van der Waals surface area contributed by atoms with Gasteiger partial charge in [-0.15, -0.1) is 0 Å². The Morgan fingerprint density at radius 2 is 1.72 bits per heavy atom. The van der Waals surface area contributed by atoms with E-state index in [1.807, 2.05) is 43.3 Å². The van der Waals surface area contributed by atoms with Crippen LogP contribution in [0.4, 0.5) is 27.1 Å². The van der Waals surface area contributed by atoms with E-state index in [2.05, 4.69) is 5.32 Å². The van der Waals surface area contributed by atoms with Crippen LogP contribution in [-0.2, 0) is 0 Å². The fourth-order valence-corrected chi connectivity index (χ4v) is 1.64. The second-order valence-corrected chi connectivity index (χ2v) is 4.30. The third kappa shape index (κ3) is 2.71. The minimum absolute atomic E-state index is 0.309. The van der Waals surface area contributed by atoms with Crippen LogP contribution >= 0.6 is 0 Å². The van der Waals surface area contributed by atoms with Gasteiger partial charge in [0.05, 0.1) is 11.4 Å². The van der Waals surface area contributed by atoms with Crippen molar-refractivity contribution in [2.24, 2.45) is 0 Å².